The molecule has 3 aromatic rings. The smallest absolute Gasteiger partial charge is 0.293 e. The van der Waals surface area contributed by atoms with Gasteiger partial charge in [-0.3, -0.25) is 19.6 Å². The predicted octanol–water partition coefficient (Wildman–Crippen LogP) is -0.0834. The van der Waals surface area contributed by atoms with E-state index in [1.807, 2.05) is 12.1 Å². The van der Waals surface area contributed by atoms with E-state index in [0.717, 1.165) is 0 Å². The highest BCUT2D eigenvalue weighted by atomic mass is 16.2. The first-order valence-electron chi connectivity index (χ1n) is 7.66. The Bertz CT molecular complexity index is 797. The maximum absolute atomic E-state index is 12.0. The molecule has 0 aromatic carbocycles. The van der Waals surface area contributed by atoms with Gasteiger partial charge in [-0.25, -0.2) is 0 Å². The van der Waals surface area contributed by atoms with Crippen molar-refractivity contribution < 1.29 is 9.59 Å². The second kappa shape index (κ2) is 8.33. The fraction of sp³-hybridized carbons (Fsp3) is 0.125. The minimum atomic E-state index is -0.559. The number of nitrogens with zero attached hydrogens (tertiary/aromatic N) is 6. The van der Waals surface area contributed by atoms with Crippen LogP contribution in [0.25, 0.3) is 0 Å². The van der Waals surface area contributed by atoms with Crippen molar-refractivity contribution in [3.05, 3.63) is 71.8 Å². The lowest BCUT2D eigenvalue weighted by molar-refractivity contribution is 0.0917. The molecule has 0 radical (unpaired) electrons. The molecule has 0 fully saturated rings. The predicted molar refractivity (Wildman–Crippen MR) is 88.4 cm³/mol. The van der Waals surface area contributed by atoms with Gasteiger partial charge < -0.3 is 10.6 Å². The van der Waals surface area contributed by atoms with Gasteiger partial charge in [0.25, 0.3) is 23.5 Å². The molecule has 26 heavy (non-hydrogen) atoms. The standard InChI is InChI=1S/C16H14N8O2/c25-15(19-9-11-5-1-3-7-17-11)13-21-23-14(24-22-13)16(26)20-10-12-6-2-4-8-18-12/h1-8H,9-10H2,(H,19,25)(H,20,26). The molecule has 0 spiro atoms. The first-order valence-corrected chi connectivity index (χ1v) is 7.66. The zero-order valence-corrected chi connectivity index (χ0v) is 13.5. The summed E-state index contributed by atoms with van der Waals surface area (Å²) < 4.78 is 0. The van der Waals surface area contributed by atoms with Crippen molar-refractivity contribution in [1.82, 2.24) is 41.0 Å². The van der Waals surface area contributed by atoms with Crippen LogP contribution >= 0.6 is 0 Å². The fourth-order valence-electron chi connectivity index (χ4n) is 1.92. The highest BCUT2D eigenvalue weighted by molar-refractivity contribution is 5.91. The van der Waals surface area contributed by atoms with Crippen molar-refractivity contribution in [2.45, 2.75) is 13.1 Å². The van der Waals surface area contributed by atoms with Crippen LogP contribution in [0.1, 0.15) is 32.6 Å². The van der Waals surface area contributed by atoms with Crippen LogP contribution in [0, 0.1) is 0 Å². The van der Waals surface area contributed by atoms with E-state index < -0.39 is 11.8 Å². The number of nitrogens with one attached hydrogen (secondary N) is 2. The largest absolute Gasteiger partial charge is 0.344 e. The molecule has 0 unspecified atom stereocenters. The number of carbonyl (C=O) groups excluding carboxylic acids is 2. The lowest BCUT2D eigenvalue weighted by Gasteiger charge is -2.04. The van der Waals surface area contributed by atoms with E-state index >= 15 is 0 Å². The Morgan fingerprint density at radius 2 is 1.12 bits per heavy atom. The summed E-state index contributed by atoms with van der Waals surface area (Å²) in [5.74, 6) is -1.59. The number of hydrogen-bond acceptors (Lipinski definition) is 8. The fourth-order valence-corrected chi connectivity index (χ4v) is 1.92. The van der Waals surface area contributed by atoms with Gasteiger partial charge in [-0.2, -0.15) is 0 Å². The lowest BCUT2D eigenvalue weighted by Crippen LogP contribution is -2.29. The average Bonchev–Trinajstić information content (AvgIpc) is 2.72. The summed E-state index contributed by atoms with van der Waals surface area (Å²) in [6.45, 7) is 0.435. The number of rotatable bonds is 6. The van der Waals surface area contributed by atoms with Gasteiger partial charge in [-0.05, 0) is 24.3 Å². The minimum Gasteiger partial charge on any atom is -0.344 e. The maximum atomic E-state index is 12.0. The van der Waals surface area contributed by atoms with Crippen LogP contribution in [-0.2, 0) is 13.1 Å². The third-order valence-electron chi connectivity index (χ3n) is 3.20. The van der Waals surface area contributed by atoms with Crippen molar-refractivity contribution in [2.24, 2.45) is 0 Å². The summed E-state index contributed by atoms with van der Waals surface area (Å²) in [6.07, 6.45) is 3.25. The molecule has 0 aliphatic carbocycles. The Labute approximate surface area is 148 Å². The SMILES string of the molecule is O=C(NCc1ccccn1)c1nnc(C(=O)NCc2ccccn2)nn1. The molecule has 0 aliphatic rings. The topological polar surface area (TPSA) is 136 Å². The number of amides is 2. The van der Waals surface area contributed by atoms with E-state index in [1.54, 1.807) is 36.7 Å². The highest BCUT2D eigenvalue weighted by Crippen LogP contribution is 1.95. The molecule has 0 saturated heterocycles. The van der Waals surface area contributed by atoms with Gasteiger partial charge in [-0.1, -0.05) is 12.1 Å². The van der Waals surface area contributed by atoms with E-state index in [-0.39, 0.29) is 24.7 Å². The first-order chi connectivity index (χ1) is 12.7. The highest BCUT2D eigenvalue weighted by Gasteiger charge is 2.15. The molecule has 0 aliphatic heterocycles. The molecule has 0 saturated carbocycles. The summed E-state index contributed by atoms with van der Waals surface area (Å²) in [5, 5.41) is 19.7. The molecule has 3 rings (SSSR count). The van der Waals surface area contributed by atoms with E-state index in [4.69, 9.17) is 0 Å². The summed E-state index contributed by atoms with van der Waals surface area (Å²) in [6, 6.07) is 10.7. The molecule has 2 N–H and O–H groups in total. The molecule has 10 nitrogen and oxygen atoms in total. The number of aromatic nitrogens is 6. The molecule has 3 heterocycles. The quantitative estimate of drug-likeness (QED) is 0.630. The second-order valence-corrected chi connectivity index (χ2v) is 5.05. The monoisotopic (exact) mass is 350 g/mol. The van der Waals surface area contributed by atoms with Crippen LogP contribution in [0.4, 0.5) is 0 Å². The Morgan fingerprint density at radius 3 is 1.46 bits per heavy atom. The van der Waals surface area contributed by atoms with Crippen LogP contribution in [0.15, 0.2) is 48.8 Å². The molecule has 0 atom stereocenters. The van der Waals surface area contributed by atoms with Crippen LogP contribution in [-0.4, -0.2) is 42.2 Å². The van der Waals surface area contributed by atoms with Crippen molar-refractivity contribution in [1.29, 1.82) is 0 Å². The summed E-state index contributed by atoms with van der Waals surface area (Å²) in [4.78, 5) is 32.1. The van der Waals surface area contributed by atoms with Crippen molar-refractivity contribution in [3.63, 3.8) is 0 Å². The number of hydrogen-bond donors (Lipinski definition) is 2. The van der Waals surface area contributed by atoms with Crippen LogP contribution in [0.2, 0.25) is 0 Å². The molecule has 130 valence electrons. The van der Waals surface area contributed by atoms with Gasteiger partial charge in [0.2, 0.25) is 0 Å². The molecular weight excluding hydrogens is 336 g/mol. The Hall–Kier alpha value is -3.82. The summed E-state index contributed by atoms with van der Waals surface area (Å²) >= 11 is 0. The van der Waals surface area contributed by atoms with Crippen LogP contribution < -0.4 is 10.6 Å². The molecule has 2 amide bonds. The summed E-state index contributed by atoms with van der Waals surface area (Å²) in [5.41, 5.74) is 1.37. The maximum Gasteiger partial charge on any atom is 0.293 e. The van der Waals surface area contributed by atoms with Gasteiger partial charge >= 0.3 is 0 Å². The Balaban J connectivity index is 1.53. The van der Waals surface area contributed by atoms with E-state index in [0.29, 0.717) is 11.4 Å². The molecule has 0 bridgehead atoms. The Morgan fingerprint density at radius 1 is 0.692 bits per heavy atom. The second-order valence-electron chi connectivity index (χ2n) is 5.05. The van der Waals surface area contributed by atoms with E-state index in [9.17, 15) is 9.59 Å². The number of carbonyl (C=O) groups is 2. The van der Waals surface area contributed by atoms with Crippen LogP contribution in [0.3, 0.4) is 0 Å². The molecule has 10 heteroatoms. The third-order valence-corrected chi connectivity index (χ3v) is 3.20. The van der Waals surface area contributed by atoms with Gasteiger partial charge in [0.15, 0.2) is 0 Å². The normalized spacial score (nSPS) is 10.2. The van der Waals surface area contributed by atoms with Gasteiger partial charge in [0.1, 0.15) is 0 Å². The number of pyridine rings is 2. The lowest BCUT2D eigenvalue weighted by atomic mass is 10.3. The first kappa shape index (κ1) is 17.0. The Kier molecular flexibility index (Phi) is 5.45. The van der Waals surface area contributed by atoms with E-state index in [2.05, 4.69) is 41.0 Å². The van der Waals surface area contributed by atoms with Gasteiger partial charge in [0.05, 0.1) is 24.5 Å². The third kappa shape index (κ3) is 4.60. The van der Waals surface area contributed by atoms with Crippen molar-refractivity contribution in [2.75, 3.05) is 0 Å². The summed E-state index contributed by atoms with van der Waals surface area (Å²) in [7, 11) is 0. The average molecular weight is 350 g/mol. The van der Waals surface area contributed by atoms with Gasteiger partial charge in [0, 0.05) is 12.4 Å². The van der Waals surface area contributed by atoms with Crippen molar-refractivity contribution in [3.8, 4) is 0 Å². The molecular formula is C16H14N8O2. The van der Waals surface area contributed by atoms with Crippen molar-refractivity contribution >= 4 is 11.8 Å². The van der Waals surface area contributed by atoms with Crippen LogP contribution in [0.5, 0.6) is 0 Å². The van der Waals surface area contributed by atoms with E-state index in [1.165, 1.54) is 0 Å². The zero-order valence-electron chi connectivity index (χ0n) is 13.5. The molecule has 3 aromatic heterocycles. The minimum absolute atomic E-state index is 0.218. The zero-order chi connectivity index (χ0) is 18.2. The van der Waals surface area contributed by atoms with Gasteiger partial charge in [-0.15, -0.1) is 20.4 Å².